The molecule has 4 heterocycles. The molecular formula is C18H25N7O2S. The Hall–Kier alpha value is -2.49. The third-order valence-electron chi connectivity index (χ3n) is 5.30. The molecular weight excluding hydrogens is 378 g/mol. The minimum Gasteiger partial charge on any atom is -0.340 e. The van der Waals surface area contributed by atoms with E-state index in [2.05, 4.69) is 25.1 Å². The molecule has 1 saturated heterocycles. The Labute approximate surface area is 164 Å². The highest BCUT2D eigenvalue weighted by molar-refractivity contribution is 7.91. The number of hydrogen-bond acceptors (Lipinski definition) is 7. The molecule has 0 radical (unpaired) electrons. The lowest BCUT2D eigenvalue weighted by Crippen LogP contribution is -2.19. The van der Waals surface area contributed by atoms with Gasteiger partial charge in [0.25, 0.3) is 0 Å². The first-order valence-electron chi connectivity index (χ1n) is 9.45. The number of sulfone groups is 1. The Morgan fingerprint density at radius 3 is 2.46 bits per heavy atom. The normalized spacial score (nSPS) is 15.1. The molecule has 3 aromatic rings. The van der Waals surface area contributed by atoms with Gasteiger partial charge in [0, 0.05) is 32.8 Å². The highest BCUT2D eigenvalue weighted by Gasteiger charge is 2.21. The van der Waals surface area contributed by atoms with E-state index in [0.717, 1.165) is 36.3 Å². The molecule has 0 N–H and O–H groups in total. The summed E-state index contributed by atoms with van der Waals surface area (Å²) in [4.78, 5) is 11.5. The number of imidazole rings is 1. The third-order valence-corrected chi connectivity index (χ3v) is 6.40. The van der Waals surface area contributed by atoms with Crippen LogP contribution in [0.1, 0.15) is 35.7 Å². The van der Waals surface area contributed by atoms with Crippen LogP contribution in [0.2, 0.25) is 0 Å². The summed E-state index contributed by atoms with van der Waals surface area (Å²) in [6, 6.07) is 1.63. The van der Waals surface area contributed by atoms with Gasteiger partial charge in [0.05, 0.1) is 17.1 Å². The van der Waals surface area contributed by atoms with E-state index in [4.69, 9.17) is 0 Å². The van der Waals surface area contributed by atoms with Gasteiger partial charge in [-0.15, -0.1) is 5.10 Å². The van der Waals surface area contributed by atoms with E-state index in [1.54, 1.807) is 15.3 Å². The van der Waals surface area contributed by atoms with Gasteiger partial charge < -0.3 is 4.90 Å². The second-order valence-corrected chi connectivity index (χ2v) is 9.42. The van der Waals surface area contributed by atoms with Gasteiger partial charge in [-0.3, -0.25) is 4.68 Å². The Morgan fingerprint density at radius 1 is 1.07 bits per heavy atom. The van der Waals surface area contributed by atoms with Crippen molar-refractivity contribution < 1.29 is 8.42 Å². The Balaban J connectivity index is 1.64. The van der Waals surface area contributed by atoms with Gasteiger partial charge in [0.1, 0.15) is 10.7 Å². The zero-order valence-corrected chi connectivity index (χ0v) is 17.5. The molecule has 0 aromatic carbocycles. The predicted molar refractivity (Wildman–Crippen MR) is 105 cm³/mol. The summed E-state index contributed by atoms with van der Waals surface area (Å²) in [6.45, 7) is 5.75. The van der Waals surface area contributed by atoms with Crippen molar-refractivity contribution >= 4 is 21.4 Å². The summed E-state index contributed by atoms with van der Waals surface area (Å²) in [5, 5.41) is 9.15. The maximum Gasteiger partial charge on any atom is 0.244 e. The number of aromatic nitrogens is 6. The molecule has 4 rings (SSSR count). The molecule has 1 aliphatic heterocycles. The van der Waals surface area contributed by atoms with Gasteiger partial charge in [-0.2, -0.15) is 10.1 Å². The summed E-state index contributed by atoms with van der Waals surface area (Å²) >= 11 is 0. The second-order valence-electron chi connectivity index (χ2n) is 7.44. The SMILES string of the molecule is Cc1nc2c(S(C)(=O)=O)cc(CCc3nc(N4CCCC4)nn3C)nn2c1C. The first-order valence-corrected chi connectivity index (χ1v) is 11.3. The van der Waals surface area contributed by atoms with E-state index in [-0.39, 0.29) is 4.90 Å². The molecule has 1 fully saturated rings. The number of aryl methyl sites for hydroxylation is 5. The average Bonchev–Trinajstić information content (AvgIpc) is 3.33. The molecule has 0 saturated carbocycles. The summed E-state index contributed by atoms with van der Waals surface area (Å²) in [6.07, 6.45) is 4.76. The van der Waals surface area contributed by atoms with Gasteiger partial charge in [-0.1, -0.05) is 0 Å². The molecule has 0 amide bonds. The van der Waals surface area contributed by atoms with Crippen LogP contribution < -0.4 is 4.90 Å². The summed E-state index contributed by atoms with van der Waals surface area (Å²) < 4.78 is 28.0. The quantitative estimate of drug-likeness (QED) is 0.632. The number of anilines is 1. The summed E-state index contributed by atoms with van der Waals surface area (Å²) in [5.74, 6) is 1.64. The van der Waals surface area contributed by atoms with Gasteiger partial charge in [-0.25, -0.2) is 17.9 Å². The van der Waals surface area contributed by atoms with Crippen molar-refractivity contribution in [3.05, 3.63) is 29.0 Å². The molecule has 0 bridgehead atoms. The molecule has 0 atom stereocenters. The van der Waals surface area contributed by atoms with Crippen LogP contribution in [0, 0.1) is 13.8 Å². The molecule has 10 heteroatoms. The fraction of sp³-hybridized carbons (Fsp3) is 0.556. The van der Waals surface area contributed by atoms with Crippen LogP contribution in [0.25, 0.3) is 5.65 Å². The van der Waals surface area contributed by atoms with Crippen molar-refractivity contribution in [3.63, 3.8) is 0 Å². The van der Waals surface area contributed by atoms with Gasteiger partial charge in [0.2, 0.25) is 5.95 Å². The predicted octanol–water partition coefficient (Wildman–Crippen LogP) is 1.26. The van der Waals surface area contributed by atoms with Crippen LogP contribution in [0.5, 0.6) is 0 Å². The standard InChI is InChI=1S/C18H25N7O2S/c1-12-13(2)25-17(19-12)15(28(4,26)27)11-14(21-25)7-8-16-20-18(22-23(16)3)24-9-5-6-10-24/h11H,5-10H2,1-4H3. The van der Waals surface area contributed by atoms with Crippen molar-refractivity contribution in [1.82, 2.24) is 29.4 Å². The molecule has 0 spiro atoms. The van der Waals surface area contributed by atoms with Crippen molar-refractivity contribution in [3.8, 4) is 0 Å². The van der Waals surface area contributed by atoms with Crippen molar-refractivity contribution in [1.29, 1.82) is 0 Å². The highest BCUT2D eigenvalue weighted by Crippen LogP contribution is 2.21. The van der Waals surface area contributed by atoms with Crippen LogP contribution in [0.15, 0.2) is 11.0 Å². The Kier molecular flexibility index (Phi) is 4.60. The van der Waals surface area contributed by atoms with Gasteiger partial charge >= 0.3 is 0 Å². The zero-order valence-electron chi connectivity index (χ0n) is 16.7. The molecule has 0 aliphatic carbocycles. The highest BCUT2D eigenvalue weighted by atomic mass is 32.2. The zero-order chi connectivity index (χ0) is 20.1. The van der Waals surface area contributed by atoms with Crippen LogP contribution >= 0.6 is 0 Å². The first kappa shape index (κ1) is 18.9. The Morgan fingerprint density at radius 2 is 1.79 bits per heavy atom. The molecule has 0 unspecified atom stereocenters. The molecule has 9 nitrogen and oxygen atoms in total. The van der Waals surface area contributed by atoms with Crippen LogP contribution in [-0.2, 0) is 29.7 Å². The lowest BCUT2D eigenvalue weighted by Gasteiger charge is -2.10. The van der Waals surface area contributed by atoms with E-state index < -0.39 is 9.84 Å². The number of rotatable bonds is 5. The monoisotopic (exact) mass is 403 g/mol. The summed E-state index contributed by atoms with van der Waals surface area (Å²) in [5.41, 5.74) is 2.70. The van der Waals surface area contributed by atoms with Crippen molar-refractivity contribution in [2.75, 3.05) is 24.2 Å². The van der Waals surface area contributed by atoms with Crippen LogP contribution in [-0.4, -0.2) is 57.1 Å². The minimum absolute atomic E-state index is 0.212. The smallest absolute Gasteiger partial charge is 0.244 e. The molecule has 28 heavy (non-hydrogen) atoms. The first-order chi connectivity index (χ1) is 13.2. The van der Waals surface area contributed by atoms with E-state index in [1.807, 2.05) is 20.9 Å². The van der Waals surface area contributed by atoms with E-state index in [1.165, 1.54) is 19.1 Å². The Bertz CT molecular complexity index is 1140. The van der Waals surface area contributed by atoms with E-state index >= 15 is 0 Å². The van der Waals surface area contributed by atoms with Crippen LogP contribution in [0.3, 0.4) is 0 Å². The fourth-order valence-corrected chi connectivity index (χ4v) is 4.37. The second kappa shape index (κ2) is 6.84. The fourth-order valence-electron chi connectivity index (χ4n) is 3.56. The molecule has 150 valence electrons. The maximum absolute atomic E-state index is 12.3. The molecule has 3 aromatic heterocycles. The van der Waals surface area contributed by atoms with Crippen molar-refractivity contribution in [2.45, 2.75) is 44.4 Å². The van der Waals surface area contributed by atoms with E-state index in [9.17, 15) is 8.42 Å². The number of hydrogen-bond donors (Lipinski definition) is 0. The lowest BCUT2D eigenvalue weighted by molar-refractivity contribution is 0.601. The number of fused-ring (bicyclic) bond motifs is 1. The maximum atomic E-state index is 12.3. The largest absolute Gasteiger partial charge is 0.340 e. The van der Waals surface area contributed by atoms with Gasteiger partial charge in [0.15, 0.2) is 15.5 Å². The lowest BCUT2D eigenvalue weighted by atomic mass is 10.2. The van der Waals surface area contributed by atoms with Gasteiger partial charge in [-0.05, 0) is 39.2 Å². The average molecular weight is 404 g/mol. The van der Waals surface area contributed by atoms with E-state index in [0.29, 0.717) is 24.2 Å². The van der Waals surface area contributed by atoms with Crippen LogP contribution in [0.4, 0.5) is 5.95 Å². The third kappa shape index (κ3) is 3.36. The summed E-state index contributed by atoms with van der Waals surface area (Å²) in [7, 11) is -1.52. The molecule has 1 aliphatic rings. The minimum atomic E-state index is -3.42. The van der Waals surface area contributed by atoms with Crippen molar-refractivity contribution in [2.24, 2.45) is 7.05 Å². The number of nitrogens with zero attached hydrogens (tertiary/aromatic N) is 7. The topological polar surface area (TPSA) is 98.3 Å².